The van der Waals surface area contributed by atoms with Gasteiger partial charge in [-0.25, -0.2) is 0 Å². The van der Waals surface area contributed by atoms with Crippen LogP contribution in [0.15, 0.2) is 0 Å². The third-order valence-electron chi connectivity index (χ3n) is 1.96. The number of unbranched alkanes of at least 4 members (excludes halogenated alkanes) is 1. The zero-order valence-corrected chi connectivity index (χ0v) is 13.4. The molecule has 1 atom stereocenters. The second-order valence-corrected chi connectivity index (χ2v) is 10.6. The molecule has 1 unspecified atom stereocenters. The van der Waals surface area contributed by atoms with E-state index in [1.165, 1.54) is 23.7 Å². The Morgan fingerprint density at radius 2 is 1.92 bits per heavy atom. The molecule has 0 bridgehead atoms. The number of hydrogen-bond donors (Lipinski definition) is 1. The van der Waals surface area contributed by atoms with Crippen LogP contribution in [-0.4, -0.2) is 30.8 Å². The molecule has 0 fully saturated rings. The van der Waals surface area contributed by atoms with Gasteiger partial charge in [-0.2, -0.15) is 0 Å². The Bertz CT molecular complexity index is 106. The van der Waals surface area contributed by atoms with Crippen LogP contribution in [0.25, 0.3) is 0 Å². The topological polar surface area (TPSA) is 35.2 Å². The van der Waals surface area contributed by atoms with Crippen LogP contribution in [0.2, 0.25) is 4.44 Å². The molecular formula is C9H22BrNOSn. The molecule has 0 saturated carbocycles. The second-order valence-electron chi connectivity index (χ2n) is 3.00. The van der Waals surface area contributed by atoms with Gasteiger partial charge in [-0.15, -0.1) is 0 Å². The van der Waals surface area contributed by atoms with Gasteiger partial charge in [0, 0.05) is 0 Å². The molecule has 0 amide bonds. The second kappa shape index (κ2) is 11.3. The van der Waals surface area contributed by atoms with Crippen LogP contribution < -0.4 is 22.7 Å². The van der Waals surface area contributed by atoms with Gasteiger partial charge in [0.2, 0.25) is 0 Å². The van der Waals surface area contributed by atoms with Gasteiger partial charge in [0.15, 0.2) is 0 Å². The monoisotopic (exact) mass is 359 g/mol. The van der Waals surface area contributed by atoms with E-state index in [4.69, 9.17) is 8.81 Å². The maximum absolute atomic E-state index is 6.06. The van der Waals surface area contributed by atoms with Gasteiger partial charge in [0.05, 0.1) is 0 Å². The molecule has 0 radical (unpaired) electrons. The maximum atomic E-state index is 6.06. The summed E-state index contributed by atoms with van der Waals surface area (Å²) >= 11 is -1.61. The van der Waals surface area contributed by atoms with Crippen LogP contribution in [0.1, 0.15) is 40.0 Å². The van der Waals surface area contributed by atoms with E-state index in [1.54, 1.807) is 0 Å². The third-order valence-corrected chi connectivity index (χ3v) is 9.02. The fourth-order valence-corrected chi connectivity index (χ4v) is 6.49. The molecule has 0 rings (SSSR count). The largest absolute Gasteiger partial charge is 1.00 e. The van der Waals surface area contributed by atoms with Crippen molar-refractivity contribution in [1.82, 2.24) is 0 Å². The molecule has 0 heterocycles. The van der Waals surface area contributed by atoms with Crippen molar-refractivity contribution >= 4 is 20.2 Å². The summed E-state index contributed by atoms with van der Waals surface area (Å²) in [4.78, 5) is 0. The van der Waals surface area contributed by atoms with Crippen molar-refractivity contribution in [3.05, 3.63) is 0 Å². The fraction of sp³-hybridized carbons (Fsp3) is 1.00. The molecule has 0 aliphatic heterocycles. The molecule has 0 aromatic carbocycles. The molecule has 2 nitrogen and oxygen atoms in total. The summed E-state index contributed by atoms with van der Waals surface area (Å²) in [5, 5.41) is 0. The van der Waals surface area contributed by atoms with Crippen LogP contribution in [0.4, 0.5) is 0 Å². The molecule has 13 heavy (non-hydrogen) atoms. The smallest absolute Gasteiger partial charge is 1.00 e. The Kier molecular flexibility index (Phi) is 14.4. The van der Waals surface area contributed by atoms with E-state index in [-0.39, 0.29) is 17.0 Å². The predicted octanol–water partition coefficient (Wildman–Crippen LogP) is -0.905. The maximum Gasteiger partial charge on any atom is -1.00 e. The average molecular weight is 359 g/mol. The van der Waals surface area contributed by atoms with Gasteiger partial charge >= 0.3 is 84.1 Å². The van der Waals surface area contributed by atoms with Crippen LogP contribution in [0.5, 0.6) is 0 Å². The van der Waals surface area contributed by atoms with Gasteiger partial charge in [0.25, 0.3) is 0 Å². The normalized spacial score (nSPS) is 12.0. The van der Waals surface area contributed by atoms with E-state index < -0.39 is 20.2 Å². The van der Waals surface area contributed by atoms with Crippen molar-refractivity contribution in [2.45, 2.75) is 48.5 Å². The number of hydrogen-bond acceptors (Lipinski definition) is 2. The SMILES string of the molecule is CCCC[CH](N)[Sn+]([CH2]C)[O]CC.[Br-]. The van der Waals surface area contributed by atoms with E-state index in [1.807, 2.05) is 0 Å². The van der Waals surface area contributed by atoms with Crippen LogP contribution in [-0.2, 0) is 3.07 Å². The van der Waals surface area contributed by atoms with E-state index in [9.17, 15) is 0 Å². The van der Waals surface area contributed by atoms with Crippen LogP contribution >= 0.6 is 0 Å². The molecule has 0 aromatic heterocycles. The first-order valence-electron chi connectivity index (χ1n) is 5.00. The van der Waals surface area contributed by atoms with Crippen molar-refractivity contribution in [2.75, 3.05) is 6.61 Å². The fourth-order valence-electron chi connectivity index (χ4n) is 1.24. The van der Waals surface area contributed by atoms with Crippen molar-refractivity contribution in [1.29, 1.82) is 0 Å². The van der Waals surface area contributed by atoms with Crippen LogP contribution in [0, 0.1) is 0 Å². The van der Waals surface area contributed by atoms with Crippen LogP contribution in [0.3, 0.4) is 0 Å². The molecule has 0 spiro atoms. The molecule has 0 saturated heterocycles. The Morgan fingerprint density at radius 3 is 2.31 bits per heavy atom. The van der Waals surface area contributed by atoms with E-state index in [0.717, 1.165) is 6.61 Å². The minimum absolute atomic E-state index is 0. The Balaban J connectivity index is 0. The van der Waals surface area contributed by atoms with E-state index >= 15 is 0 Å². The third kappa shape index (κ3) is 8.21. The summed E-state index contributed by atoms with van der Waals surface area (Å²) in [6.45, 7) is 7.36. The summed E-state index contributed by atoms with van der Waals surface area (Å²) in [6, 6.07) is 0. The summed E-state index contributed by atoms with van der Waals surface area (Å²) in [5.41, 5.74) is 6.06. The van der Waals surface area contributed by atoms with Crippen molar-refractivity contribution in [2.24, 2.45) is 5.73 Å². The number of halogens is 1. The number of rotatable bonds is 7. The Labute approximate surface area is 101 Å². The average Bonchev–Trinajstić information content (AvgIpc) is 2.10. The summed E-state index contributed by atoms with van der Waals surface area (Å²) in [5.74, 6) is 0. The van der Waals surface area contributed by atoms with E-state index in [0.29, 0.717) is 4.06 Å². The molecule has 2 N–H and O–H groups in total. The molecule has 80 valence electrons. The molecule has 0 aliphatic carbocycles. The summed E-state index contributed by atoms with van der Waals surface area (Å²) in [7, 11) is 0. The zero-order chi connectivity index (χ0) is 9.40. The van der Waals surface area contributed by atoms with Crippen molar-refractivity contribution in [3.8, 4) is 0 Å². The summed E-state index contributed by atoms with van der Waals surface area (Å²) < 4.78 is 7.37. The van der Waals surface area contributed by atoms with E-state index in [2.05, 4.69) is 20.8 Å². The van der Waals surface area contributed by atoms with Gasteiger partial charge in [-0.3, -0.25) is 0 Å². The van der Waals surface area contributed by atoms with Crippen molar-refractivity contribution in [3.63, 3.8) is 0 Å². The Morgan fingerprint density at radius 1 is 1.31 bits per heavy atom. The molecule has 0 aromatic rings. The van der Waals surface area contributed by atoms with Gasteiger partial charge in [0.1, 0.15) is 0 Å². The molecule has 4 heteroatoms. The zero-order valence-electron chi connectivity index (χ0n) is 8.98. The van der Waals surface area contributed by atoms with Crippen molar-refractivity contribution < 1.29 is 20.1 Å². The Hall–Kier alpha value is 1.20. The van der Waals surface area contributed by atoms with Gasteiger partial charge in [-0.1, -0.05) is 0 Å². The van der Waals surface area contributed by atoms with Gasteiger partial charge < -0.3 is 17.0 Å². The first-order chi connectivity index (χ1) is 5.76. The first-order valence-corrected chi connectivity index (χ1v) is 9.83. The van der Waals surface area contributed by atoms with Gasteiger partial charge in [-0.05, 0) is 0 Å². The summed E-state index contributed by atoms with van der Waals surface area (Å²) in [6.07, 6.45) is 3.69. The molecular weight excluding hydrogens is 337 g/mol. The standard InChI is InChI=1S/C5H12N.C2H5O.C2H5.BrH.Sn/c1-2-3-4-5-6;1-2-3;1-2;;/h5H,2-4,6H2,1H3;2H2,1H3;1H2,2H3;1H;/q;-1;;;+2/p-1. The first kappa shape index (κ1) is 16.6. The minimum Gasteiger partial charge on any atom is -1.00 e. The predicted molar refractivity (Wildman–Crippen MR) is 55.4 cm³/mol. The quantitative estimate of drug-likeness (QED) is 0.598. The number of nitrogens with two attached hydrogens (primary N) is 1. The minimum atomic E-state index is -1.61. The molecule has 0 aliphatic rings.